The highest BCUT2D eigenvalue weighted by Crippen LogP contribution is 2.31. The smallest absolute Gasteiger partial charge is 0.415 e. The van der Waals surface area contributed by atoms with Gasteiger partial charge in [-0.15, -0.1) is 4.33 Å². The molecule has 23 heavy (non-hydrogen) atoms. The van der Waals surface area contributed by atoms with Crippen molar-refractivity contribution in [2.75, 3.05) is 0 Å². The number of ether oxygens (including phenoxy) is 1. The van der Waals surface area contributed by atoms with Crippen molar-refractivity contribution in [1.82, 2.24) is 0 Å². The maximum absolute atomic E-state index is 13.2. The Hall–Kier alpha value is -0.440. The van der Waals surface area contributed by atoms with E-state index in [4.69, 9.17) is 5.26 Å². The van der Waals surface area contributed by atoms with Gasteiger partial charge in [0, 0.05) is 0 Å². The van der Waals surface area contributed by atoms with Crippen molar-refractivity contribution in [3.8, 4) is 0 Å². The molecule has 8 heteroatoms. The summed E-state index contributed by atoms with van der Waals surface area (Å²) in [7, 11) is 0. The van der Waals surface area contributed by atoms with Gasteiger partial charge < -0.3 is 4.74 Å². The van der Waals surface area contributed by atoms with E-state index in [0.717, 1.165) is 19.3 Å². The number of hydrogen-bond acceptors (Lipinski definition) is 6. The Balaban J connectivity index is 3.63. The molecule has 0 amide bonds. The Labute approximate surface area is 141 Å². The molecule has 5 nitrogen and oxygen atoms in total. The van der Waals surface area contributed by atoms with Crippen LogP contribution in [0.3, 0.4) is 0 Å². The summed E-state index contributed by atoms with van der Waals surface area (Å²) in [5.41, 5.74) is 0. The molecular weight excluding hydrogens is 330 g/mol. The van der Waals surface area contributed by atoms with Crippen LogP contribution in [0.5, 0.6) is 0 Å². The second kappa shape index (κ2) is 13.9. The first kappa shape index (κ1) is 22.6. The molecular formula is C15H28F2O5S. The van der Waals surface area contributed by atoms with E-state index in [1.807, 2.05) is 0 Å². The fourth-order valence-corrected chi connectivity index (χ4v) is 2.38. The van der Waals surface area contributed by atoms with Crippen LogP contribution in [0.25, 0.3) is 0 Å². The van der Waals surface area contributed by atoms with Crippen molar-refractivity contribution in [1.29, 1.82) is 0 Å². The van der Waals surface area contributed by atoms with E-state index in [1.165, 1.54) is 38.5 Å². The second-order valence-corrected chi connectivity index (χ2v) is 6.39. The summed E-state index contributed by atoms with van der Waals surface area (Å²) in [6.45, 7) is 3.77. The van der Waals surface area contributed by atoms with E-state index in [0.29, 0.717) is 6.42 Å². The van der Waals surface area contributed by atoms with Gasteiger partial charge in [0.1, 0.15) is 12.0 Å². The lowest BCUT2D eigenvalue weighted by Gasteiger charge is -2.17. The van der Waals surface area contributed by atoms with E-state index >= 15 is 0 Å². The minimum absolute atomic E-state index is 0.541. The molecule has 1 N–H and O–H groups in total. The molecule has 0 aromatic carbocycles. The molecule has 0 bridgehead atoms. The number of halogens is 2. The standard InChI is InChI=1S/C15H28F2O5S/c1-3-4-5-6-7-8-9-10-11-12-13(2)20-14(18)15(16,17)23-22-21-19/h13,19H,3-12H2,1-2H3. The third-order valence-corrected chi connectivity index (χ3v) is 3.93. The average Bonchev–Trinajstić information content (AvgIpc) is 2.51. The summed E-state index contributed by atoms with van der Waals surface area (Å²) in [5.74, 6) is -1.71. The normalized spacial score (nSPS) is 13.1. The van der Waals surface area contributed by atoms with Crippen LogP contribution >= 0.6 is 12.0 Å². The van der Waals surface area contributed by atoms with Crippen LogP contribution in [0.1, 0.15) is 78.1 Å². The summed E-state index contributed by atoms with van der Waals surface area (Å²) >= 11 is -0.608. The summed E-state index contributed by atoms with van der Waals surface area (Å²) in [6.07, 6.45) is 10.4. The van der Waals surface area contributed by atoms with Crippen LogP contribution in [0.15, 0.2) is 0 Å². The Kier molecular flexibility index (Phi) is 13.7. The zero-order valence-electron chi connectivity index (χ0n) is 13.9. The molecule has 0 rings (SSSR count). The van der Waals surface area contributed by atoms with Gasteiger partial charge in [0.2, 0.25) is 0 Å². The highest BCUT2D eigenvalue weighted by molar-refractivity contribution is 7.96. The predicted octanol–water partition coefficient (Wildman–Crippen LogP) is 5.50. The van der Waals surface area contributed by atoms with Gasteiger partial charge in [-0.05, 0) is 19.8 Å². The molecule has 0 aliphatic rings. The molecule has 0 spiro atoms. The summed E-state index contributed by atoms with van der Waals surface area (Å²) in [6, 6.07) is 0. The minimum atomic E-state index is -3.92. The number of rotatable bonds is 15. The Morgan fingerprint density at radius 3 is 2.13 bits per heavy atom. The van der Waals surface area contributed by atoms with Gasteiger partial charge in [0.25, 0.3) is 0 Å². The lowest BCUT2D eigenvalue weighted by atomic mass is 10.1. The fourth-order valence-electron chi connectivity index (χ4n) is 2.14. The highest BCUT2D eigenvalue weighted by Gasteiger charge is 2.44. The lowest BCUT2D eigenvalue weighted by Crippen LogP contribution is -2.30. The van der Waals surface area contributed by atoms with E-state index in [-0.39, 0.29) is 0 Å². The van der Waals surface area contributed by atoms with E-state index in [9.17, 15) is 13.6 Å². The van der Waals surface area contributed by atoms with Gasteiger partial charge >= 0.3 is 11.2 Å². The maximum atomic E-state index is 13.2. The number of esters is 1. The van der Waals surface area contributed by atoms with Gasteiger partial charge in [-0.2, -0.15) is 8.78 Å². The van der Waals surface area contributed by atoms with Crippen LogP contribution in [0, 0.1) is 0 Å². The molecule has 0 saturated heterocycles. The van der Waals surface area contributed by atoms with Crippen LogP contribution in [-0.2, 0) is 18.9 Å². The van der Waals surface area contributed by atoms with Gasteiger partial charge in [-0.1, -0.05) is 63.3 Å². The summed E-state index contributed by atoms with van der Waals surface area (Å²) < 4.78 is 34.5. The largest absolute Gasteiger partial charge is 0.457 e. The van der Waals surface area contributed by atoms with Crippen LogP contribution in [0.2, 0.25) is 0 Å². The molecule has 0 heterocycles. The Morgan fingerprint density at radius 2 is 1.61 bits per heavy atom. The summed E-state index contributed by atoms with van der Waals surface area (Å²) in [4.78, 5) is 11.2. The monoisotopic (exact) mass is 358 g/mol. The molecule has 0 aromatic rings. The average molecular weight is 358 g/mol. The topological polar surface area (TPSA) is 65.0 Å². The van der Waals surface area contributed by atoms with Crippen LogP contribution in [0.4, 0.5) is 8.78 Å². The molecule has 0 radical (unpaired) electrons. The fraction of sp³-hybridized carbons (Fsp3) is 0.933. The molecule has 0 saturated carbocycles. The maximum Gasteiger partial charge on any atom is 0.415 e. The summed E-state index contributed by atoms with van der Waals surface area (Å²) in [5, 5.41) is 6.93. The van der Waals surface area contributed by atoms with Gasteiger partial charge in [-0.25, -0.2) is 10.1 Å². The zero-order chi connectivity index (χ0) is 17.6. The van der Waals surface area contributed by atoms with Crippen LogP contribution in [-0.4, -0.2) is 22.6 Å². The third kappa shape index (κ3) is 12.6. The first-order chi connectivity index (χ1) is 10.9. The number of hydrogen-bond donors (Lipinski definition) is 1. The SMILES string of the molecule is CCCCCCCCCCCC(C)OC(=O)C(F)(F)SOOO. The first-order valence-electron chi connectivity index (χ1n) is 8.18. The van der Waals surface area contributed by atoms with Gasteiger partial charge in [0.05, 0.1) is 6.10 Å². The van der Waals surface area contributed by atoms with E-state index < -0.39 is 29.4 Å². The Bertz CT molecular complexity index is 306. The van der Waals surface area contributed by atoms with E-state index in [2.05, 4.69) is 21.0 Å². The zero-order valence-corrected chi connectivity index (χ0v) is 14.7. The first-order valence-corrected chi connectivity index (χ1v) is 8.93. The molecule has 138 valence electrons. The lowest BCUT2D eigenvalue weighted by molar-refractivity contribution is -0.433. The molecule has 0 fully saturated rings. The molecule has 0 aromatic heterocycles. The number of unbranched alkanes of at least 4 members (excludes halogenated alkanes) is 8. The van der Waals surface area contributed by atoms with Crippen molar-refractivity contribution in [2.24, 2.45) is 0 Å². The highest BCUT2D eigenvalue weighted by atomic mass is 32.2. The van der Waals surface area contributed by atoms with Crippen LogP contribution < -0.4 is 0 Å². The number of carbonyl (C=O) groups is 1. The number of carbonyl (C=O) groups excluding carboxylic acids is 1. The van der Waals surface area contributed by atoms with Crippen molar-refractivity contribution < 1.29 is 32.9 Å². The van der Waals surface area contributed by atoms with Crippen molar-refractivity contribution in [3.05, 3.63) is 0 Å². The van der Waals surface area contributed by atoms with Gasteiger partial charge in [-0.3, -0.25) is 0 Å². The van der Waals surface area contributed by atoms with Gasteiger partial charge in [0.15, 0.2) is 0 Å². The molecule has 0 aliphatic carbocycles. The Morgan fingerprint density at radius 1 is 1.09 bits per heavy atom. The third-order valence-electron chi connectivity index (χ3n) is 3.43. The molecule has 1 atom stereocenters. The molecule has 0 aliphatic heterocycles. The quantitative estimate of drug-likeness (QED) is 0.137. The number of alkyl halides is 2. The van der Waals surface area contributed by atoms with Crippen molar-refractivity contribution >= 4 is 18.0 Å². The molecule has 1 unspecified atom stereocenters. The predicted molar refractivity (Wildman–Crippen MR) is 84.7 cm³/mol. The second-order valence-electron chi connectivity index (χ2n) is 5.58. The van der Waals surface area contributed by atoms with Crippen molar-refractivity contribution in [3.63, 3.8) is 0 Å². The van der Waals surface area contributed by atoms with E-state index in [1.54, 1.807) is 6.92 Å². The minimum Gasteiger partial charge on any atom is -0.457 e. The van der Waals surface area contributed by atoms with Crippen molar-refractivity contribution in [2.45, 2.75) is 89.4 Å².